The van der Waals surface area contributed by atoms with Crippen LogP contribution in [-0.2, 0) is 6.18 Å². The van der Waals surface area contributed by atoms with Gasteiger partial charge in [-0.2, -0.15) is 13.2 Å². The molecule has 1 rings (SSSR count). The van der Waals surface area contributed by atoms with Crippen molar-refractivity contribution in [2.45, 2.75) is 25.6 Å². The maximum Gasteiger partial charge on any atom is 0.433 e. The van der Waals surface area contributed by atoms with Crippen LogP contribution in [0.15, 0.2) is 18.3 Å². The molecule has 0 aliphatic rings. The predicted octanol–water partition coefficient (Wildman–Crippen LogP) is 2.93. The second-order valence-corrected chi connectivity index (χ2v) is 2.99. The van der Waals surface area contributed by atoms with Gasteiger partial charge in [-0.3, -0.25) is 4.98 Å². The Hall–Kier alpha value is -0.810. The van der Waals surface area contributed by atoms with Crippen LogP contribution in [0.5, 0.6) is 0 Å². The van der Waals surface area contributed by atoms with E-state index in [1.54, 1.807) is 0 Å². The summed E-state index contributed by atoms with van der Waals surface area (Å²) in [6, 6.07) is 2.07. The van der Waals surface area contributed by atoms with Crippen LogP contribution < -0.4 is 5.73 Å². The smallest absolute Gasteiger partial charge is 0.324 e. The van der Waals surface area contributed by atoms with Crippen molar-refractivity contribution in [2.24, 2.45) is 5.73 Å². The Morgan fingerprint density at radius 3 is 2.33 bits per heavy atom. The second-order valence-electron chi connectivity index (χ2n) is 2.99. The minimum atomic E-state index is -4.38. The van der Waals surface area contributed by atoms with E-state index in [9.17, 15) is 13.2 Å². The van der Waals surface area contributed by atoms with E-state index in [1.165, 1.54) is 12.3 Å². The Kier molecular flexibility index (Phi) is 5.03. The van der Waals surface area contributed by atoms with E-state index in [-0.39, 0.29) is 18.4 Å². The van der Waals surface area contributed by atoms with Crippen LogP contribution in [0.2, 0.25) is 0 Å². The van der Waals surface area contributed by atoms with Gasteiger partial charge in [-0.05, 0) is 18.1 Å². The number of hydrogen-bond donors (Lipinski definition) is 1. The third kappa shape index (κ3) is 3.68. The maximum absolute atomic E-state index is 12.1. The fourth-order valence-corrected chi connectivity index (χ4v) is 1.03. The number of nitrogens with two attached hydrogens (primary N) is 1. The molecule has 1 aromatic rings. The third-order valence-electron chi connectivity index (χ3n) is 1.94. The highest BCUT2D eigenvalue weighted by atomic mass is 35.5. The van der Waals surface area contributed by atoms with Crippen molar-refractivity contribution in [3.05, 3.63) is 29.6 Å². The monoisotopic (exact) mass is 240 g/mol. The number of pyridine rings is 1. The molecule has 0 saturated heterocycles. The standard InChI is InChI=1S/C9H11F3N2.ClH/c1-2-7(13)6-3-4-8(14-5-6)9(10,11)12;/h3-5,7H,2,13H2,1H3;1H. The molecular formula is C9H12ClF3N2. The lowest BCUT2D eigenvalue weighted by Gasteiger charge is -2.10. The molecule has 0 aromatic carbocycles. The molecule has 1 aromatic heterocycles. The van der Waals surface area contributed by atoms with E-state index < -0.39 is 11.9 Å². The first-order chi connectivity index (χ1) is 6.45. The molecule has 2 N–H and O–H groups in total. The molecule has 1 heterocycles. The van der Waals surface area contributed by atoms with Crippen molar-refractivity contribution in [3.63, 3.8) is 0 Å². The minimum absolute atomic E-state index is 0. The highest BCUT2D eigenvalue weighted by Crippen LogP contribution is 2.27. The fraction of sp³-hybridized carbons (Fsp3) is 0.444. The van der Waals surface area contributed by atoms with Crippen LogP contribution in [0.1, 0.15) is 30.6 Å². The molecule has 1 unspecified atom stereocenters. The zero-order valence-electron chi connectivity index (χ0n) is 8.08. The number of alkyl halides is 3. The molecule has 6 heteroatoms. The summed E-state index contributed by atoms with van der Waals surface area (Å²) in [5.41, 5.74) is 5.37. The molecule has 15 heavy (non-hydrogen) atoms. The van der Waals surface area contributed by atoms with Crippen LogP contribution in [0.4, 0.5) is 13.2 Å². The Balaban J connectivity index is 0.00000196. The van der Waals surface area contributed by atoms with Crippen LogP contribution in [0, 0.1) is 0 Å². The highest BCUT2D eigenvalue weighted by molar-refractivity contribution is 5.85. The van der Waals surface area contributed by atoms with Crippen LogP contribution in [0.3, 0.4) is 0 Å². The summed E-state index contributed by atoms with van der Waals surface area (Å²) in [4.78, 5) is 3.31. The van der Waals surface area contributed by atoms with Gasteiger partial charge >= 0.3 is 6.18 Å². The lowest BCUT2D eigenvalue weighted by molar-refractivity contribution is -0.141. The summed E-state index contributed by atoms with van der Waals surface area (Å²) < 4.78 is 36.3. The Bertz CT molecular complexity index is 297. The second kappa shape index (κ2) is 5.32. The van der Waals surface area contributed by atoms with E-state index in [0.717, 1.165) is 6.07 Å². The molecule has 0 radical (unpaired) electrons. The number of aromatic nitrogens is 1. The first kappa shape index (κ1) is 14.2. The van der Waals surface area contributed by atoms with Crippen molar-refractivity contribution in [1.82, 2.24) is 4.98 Å². The van der Waals surface area contributed by atoms with Gasteiger partial charge in [0.15, 0.2) is 0 Å². The lowest BCUT2D eigenvalue weighted by atomic mass is 10.1. The summed E-state index contributed by atoms with van der Waals surface area (Å²) in [7, 11) is 0. The first-order valence-electron chi connectivity index (χ1n) is 4.24. The summed E-state index contributed by atoms with van der Waals surface area (Å²) in [5.74, 6) is 0. The lowest BCUT2D eigenvalue weighted by Crippen LogP contribution is -2.12. The summed E-state index contributed by atoms with van der Waals surface area (Å²) in [6.07, 6.45) is -2.53. The molecule has 0 aliphatic heterocycles. The average molecular weight is 241 g/mol. The van der Waals surface area contributed by atoms with E-state index in [4.69, 9.17) is 5.73 Å². The minimum Gasteiger partial charge on any atom is -0.324 e. The van der Waals surface area contributed by atoms with Crippen molar-refractivity contribution < 1.29 is 13.2 Å². The zero-order chi connectivity index (χ0) is 10.8. The van der Waals surface area contributed by atoms with E-state index >= 15 is 0 Å². The van der Waals surface area contributed by atoms with Crippen molar-refractivity contribution in [2.75, 3.05) is 0 Å². The van der Waals surface area contributed by atoms with Gasteiger partial charge in [-0.15, -0.1) is 12.4 Å². The van der Waals surface area contributed by atoms with Gasteiger partial charge in [-0.25, -0.2) is 0 Å². The molecule has 1 atom stereocenters. The van der Waals surface area contributed by atoms with Gasteiger partial charge in [-0.1, -0.05) is 13.0 Å². The van der Waals surface area contributed by atoms with Crippen molar-refractivity contribution in [3.8, 4) is 0 Å². The topological polar surface area (TPSA) is 38.9 Å². The third-order valence-corrected chi connectivity index (χ3v) is 1.94. The molecular weight excluding hydrogens is 229 g/mol. The quantitative estimate of drug-likeness (QED) is 0.863. The number of rotatable bonds is 2. The number of hydrogen-bond acceptors (Lipinski definition) is 2. The van der Waals surface area contributed by atoms with E-state index in [0.29, 0.717) is 12.0 Å². The Morgan fingerprint density at radius 1 is 1.40 bits per heavy atom. The molecule has 0 saturated carbocycles. The van der Waals surface area contributed by atoms with Gasteiger partial charge in [0, 0.05) is 12.2 Å². The van der Waals surface area contributed by atoms with Crippen LogP contribution >= 0.6 is 12.4 Å². The number of nitrogens with zero attached hydrogens (tertiary/aromatic N) is 1. The molecule has 0 aliphatic carbocycles. The summed E-state index contributed by atoms with van der Waals surface area (Å²) >= 11 is 0. The molecule has 0 spiro atoms. The summed E-state index contributed by atoms with van der Waals surface area (Å²) in [6.45, 7) is 1.86. The van der Waals surface area contributed by atoms with Crippen molar-refractivity contribution in [1.29, 1.82) is 0 Å². The SMILES string of the molecule is CCC(N)c1ccc(C(F)(F)F)nc1.Cl. The molecule has 86 valence electrons. The van der Waals surface area contributed by atoms with Gasteiger partial charge < -0.3 is 5.73 Å². The predicted molar refractivity (Wildman–Crippen MR) is 53.7 cm³/mol. The molecule has 0 bridgehead atoms. The Labute approximate surface area is 92.1 Å². The van der Waals surface area contributed by atoms with Crippen molar-refractivity contribution >= 4 is 12.4 Å². The highest BCUT2D eigenvalue weighted by Gasteiger charge is 2.32. The molecule has 0 fully saturated rings. The summed E-state index contributed by atoms with van der Waals surface area (Å²) in [5, 5.41) is 0. The zero-order valence-corrected chi connectivity index (χ0v) is 8.90. The van der Waals surface area contributed by atoms with Gasteiger partial charge in [0.1, 0.15) is 5.69 Å². The maximum atomic E-state index is 12.1. The number of halogens is 4. The van der Waals surface area contributed by atoms with E-state index in [2.05, 4.69) is 4.98 Å². The van der Waals surface area contributed by atoms with Crippen LogP contribution in [0.25, 0.3) is 0 Å². The Morgan fingerprint density at radius 2 is 2.00 bits per heavy atom. The van der Waals surface area contributed by atoms with E-state index in [1.807, 2.05) is 6.92 Å². The van der Waals surface area contributed by atoms with Gasteiger partial charge in [0.05, 0.1) is 0 Å². The first-order valence-corrected chi connectivity index (χ1v) is 4.24. The molecule has 2 nitrogen and oxygen atoms in total. The largest absolute Gasteiger partial charge is 0.433 e. The molecule has 0 amide bonds. The van der Waals surface area contributed by atoms with Gasteiger partial charge in [0.2, 0.25) is 0 Å². The normalized spacial score (nSPS) is 13.1. The average Bonchev–Trinajstić information content (AvgIpc) is 2.15. The van der Waals surface area contributed by atoms with Crippen LogP contribution in [-0.4, -0.2) is 4.98 Å². The fourth-order valence-electron chi connectivity index (χ4n) is 1.03. The van der Waals surface area contributed by atoms with Gasteiger partial charge in [0.25, 0.3) is 0 Å².